The van der Waals surface area contributed by atoms with Gasteiger partial charge in [0.1, 0.15) is 0 Å². The van der Waals surface area contributed by atoms with E-state index in [9.17, 15) is 0 Å². The van der Waals surface area contributed by atoms with Crippen molar-refractivity contribution >= 4 is 11.6 Å². The summed E-state index contributed by atoms with van der Waals surface area (Å²) in [5.74, 6) is 0. The lowest BCUT2D eigenvalue weighted by Gasteiger charge is -2.04. The zero-order valence-electron chi connectivity index (χ0n) is 8.65. The van der Waals surface area contributed by atoms with Crippen LogP contribution in [0.25, 0.3) is 11.1 Å². The Kier molecular flexibility index (Phi) is 3.24. The minimum atomic E-state index is 0.447. The van der Waals surface area contributed by atoms with E-state index in [1.165, 1.54) is 0 Å². The quantitative estimate of drug-likeness (QED) is 0.759. The van der Waals surface area contributed by atoms with E-state index in [1.807, 2.05) is 48.5 Å². The first kappa shape index (κ1) is 10.7. The Morgan fingerprint density at radius 2 is 1.69 bits per heavy atom. The molecule has 0 heterocycles. The summed E-state index contributed by atoms with van der Waals surface area (Å²) in [5, 5.41) is 9.32. The monoisotopic (exact) mass is 227 g/mol. The van der Waals surface area contributed by atoms with E-state index in [0.29, 0.717) is 6.42 Å². The van der Waals surface area contributed by atoms with Crippen molar-refractivity contribution in [1.29, 1.82) is 5.26 Å². The predicted molar refractivity (Wildman–Crippen MR) is 66.2 cm³/mol. The van der Waals surface area contributed by atoms with Crippen LogP contribution in [-0.2, 0) is 6.42 Å². The standard InChI is InChI=1S/C14H10ClN/c15-14-4-2-1-3-13(14)12-7-5-11(6-8-12)9-10-16/h1-8H,9H2. The van der Waals surface area contributed by atoms with Crippen LogP contribution in [0.1, 0.15) is 5.56 Å². The van der Waals surface area contributed by atoms with Gasteiger partial charge in [0.2, 0.25) is 0 Å². The van der Waals surface area contributed by atoms with Gasteiger partial charge in [0, 0.05) is 10.6 Å². The number of halogens is 1. The van der Waals surface area contributed by atoms with Gasteiger partial charge in [-0.3, -0.25) is 0 Å². The number of nitriles is 1. The molecule has 0 N–H and O–H groups in total. The molecule has 2 aromatic rings. The number of rotatable bonds is 2. The number of benzene rings is 2. The molecule has 0 aliphatic rings. The smallest absolute Gasteiger partial charge is 0.0669 e. The van der Waals surface area contributed by atoms with Crippen molar-refractivity contribution in [3.63, 3.8) is 0 Å². The molecule has 1 nitrogen and oxygen atoms in total. The van der Waals surface area contributed by atoms with Gasteiger partial charge >= 0.3 is 0 Å². The van der Waals surface area contributed by atoms with Gasteiger partial charge in [-0.2, -0.15) is 5.26 Å². The second-order valence-electron chi connectivity index (χ2n) is 3.51. The molecule has 0 spiro atoms. The highest BCUT2D eigenvalue weighted by Gasteiger charge is 2.01. The molecule has 2 aromatic carbocycles. The van der Waals surface area contributed by atoms with Crippen LogP contribution in [0.3, 0.4) is 0 Å². The second kappa shape index (κ2) is 4.83. The zero-order chi connectivity index (χ0) is 11.4. The first-order chi connectivity index (χ1) is 7.81. The van der Waals surface area contributed by atoms with Crippen molar-refractivity contribution < 1.29 is 0 Å². The first-order valence-corrected chi connectivity index (χ1v) is 5.40. The molecule has 2 heteroatoms. The van der Waals surface area contributed by atoms with Crippen LogP contribution >= 0.6 is 11.6 Å². The highest BCUT2D eigenvalue weighted by Crippen LogP contribution is 2.27. The van der Waals surface area contributed by atoms with E-state index in [2.05, 4.69) is 6.07 Å². The van der Waals surface area contributed by atoms with E-state index in [1.54, 1.807) is 0 Å². The lowest BCUT2D eigenvalue weighted by molar-refractivity contribution is 1.26. The summed E-state index contributed by atoms with van der Waals surface area (Å²) in [6.45, 7) is 0. The van der Waals surface area contributed by atoms with Gasteiger partial charge in [0.05, 0.1) is 12.5 Å². The van der Waals surface area contributed by atoms with E-state index < -0.39 is 0 Å². The highest BCUT2D eigenvalue weighted by atomic mass is 35.5. The molecule has 0 saturated heterocycles. The van der Waals surface area contributed by atoms with Gasteiger partial charge < -0.3 is 0 Å². The topological polar surface area (TPSA) is 23.8 Å². The third-order valence-corrected chi connectivity index (χ3v) is 2.75. The number of nitrogens with zero attached hydrogens (tertiary/aromatic N) is 1. The SMILES string of the molecule is N#CCc1ccc(-c2ccccc2Cl)cc1. The summed E-state index contributed by atoms with van der Waals surface area (Å²) in [4.78, 5) is 0. The van der Waals surface area contributed by atoms with Gasteiger partial charge in [-0.1, -0.05) is 54.1 Å². The maximum absolute atomic E-state index is 8.58. The fourth-order valence-electron chi connectivity index (χ4n) is 1.59. The van der Waals surface area contributed by atoms with Crippen LogP contribution < -0.4 is 0 Å². The van der Waals surface area contributed by atoms with Crippen LogP contribution in [0.5, 0.6) is 0 Å². The Morgan fingerprint density at radius 3 is 2.31 bits per heavy atom. The molecule has 0 amide bonds. The third-order valence-electron chi connectivity index (χ3n) is 2.42. The molecule has 16 heavy (non-hydrogen) atoms. The van der Waals surface area contributed by atoms with E-state index in [0.717, 1.165) is 21.7 Å². The molecule has 0 radical (unpaired) electrons. The Bertz CT molecular complexity index is 523. The molecule has 0 aliphatic heterocycles. The summed E-state index contributed by atoms with van der Waals surface area (Å²) in [7, 11) is 0. The molecule has 2 rings (SSSR count). The lowest BCUT2D eigenvalue weighted by atomic mass is 10.0. The second-order valence-corrected chi connectivity index (χ2v) is 3.92. The molecule has 78 valence electrons. The van der Waals surface area contributed by atoms with Crippen molar-refractivity contribution in [2.75, 3.05) is 0 Å². The lowest BCUT2D eigenvalue weighted by Crippen LogP contribution is -1.83. The summed E-state index contributed by atoms with van der Waals surface area (Å²) in [5.41, 5.74) is 3.12. The Morgan fingerprint density at radius 1 is 1.00 bits per heavy atom. The predicted octanol–water partition coefficient (Wildman–Crippen LogP) is 4.07. The molecule has 0 aliphatic carbocycles. The van der Waals surface area contributed by atoms with Gasteiger partial charge in [0.25, 0.3) is 0 Å². The van der Waals surface area contributed by atoms with E-state index >= 15 is 0 Å². The number of hydrogen-bond acceptors (Lipinski definition) is 1. The highest BCUT2D eigenvalue weighted by molar-refractivity contribution is 6.33. The molecular weight excluding hydrogens is 218 g/mol. The normalized spacial score (nSPS) is 9.75. The molecule has 0 atom stereocenters. The molecule has 0 aromatic heterocycles. The van der Waals surface area contributed by atoms with E-state index in [-0.39, 0.29) is 0 Å². The average Bonchev–Trinajstić information content (AvgIpc) is 2.31. The molecule has 0 unspecified atom stereocenters. The first-order valence-electron chi connectivity index (χ1n) is 5.02. The van der Waals surface area contributed by atoms with Crippen molar-refractivity contribution in [1.82, 2.24) is 0 Å². The summed E-state index contributed by atoms with van der Waals surface area (Å²) < 4.78 is 0. The number of hydrogen-bond donors (Lipinski definition) is 0. The molecule has 0 saturated carbocycles. The summed E-state index contributed by atoms with van der Waals surface area (Å²) >= 11 is 6.11. The minimum absolute atomic E-state index is 0.447. The van der Waals surface area contributed by atoms with Crippen LogP contribution in [0.4, 0.5) is 0 Å². The summed E-state index contributed by atoms with van der Waals surface area (Å²) in [6, 6.07) is 17.8. The molecule has 0 fully saturated rings. The van der Waals surface area contributed by atoms with Crippen molar-refractivity contribution in [2.45, 2.75) is 6.42 Å². The van der Waals surface area contributed by atoms with Gasteiger partial charge in [0.15, 0.2) is 0 Å². The largest absolute Gasteiger partial charge is 0.198 e. The van der Waals surface area contributed by atoms with Crippen LogP contribution in [-0.4, -0.2) is 0 Å². The van der Waals surface area contributed by atoms with Crippen LogP contribution in [0.15, 0.2) is 48.5 Å². The Hall–Kier alpha value is -1.78. The maximum Gasteiger partial charge on any atom is 0.0669 e. The van der Waals surface area contributed by atoms with E-state index in [4.69, 9.17) is 16.9 Å². The van der Waals surface area contributed by atoms with Crippen LogP contribution in [0, 0.1) is 11.3 Å². The van der Waals surface area contributed by atoms with Gasteiger partial charge in [-0.15, -0.1) is 0 Å². The van der Waals surface area contributed by atoms with Crippen molar-refractivity contribution in [2.24, 2.45) is 0 Å². The summed E-state index contributed by atoms with van der Waals surface area (Å²) in [6.07, 6.45) is 0.447. The molecular formula is C14H10ClN. The van der Waals surface area contributed by atoms with Gasteiger partial charge in [-0.25, -0.2) is 0 Å². The average molecular weight is 228 g/mol. The Balaban J connectivity index is 2.36. The Labute approximate surface area is 99.9 Å². The maximum atomic E-state index is 8.58. The minimum Gasteiger partial charge on any atom is -0.198 e. The molecule has 0 bridgehead atoms. The van der Waals surface area contributed by atoms with Crippen LogP contribution in [0.2, 0.25) is 5.02 Å². The zero-order valence-corrected chi connectivity index (χ0v) is 9.41. The van der Waals surface area contributed by atoms with Crippen molar-refractivity contribution in [3.05, 3.63) is 59.1 Å². The van der Waals surface area contributed by atoms with Gasteiger partial charge in [-0.05, 0) is 17.2 Å². The fraction of sp³-hybridized carbons (Fsp3) is 0.0714. The third kappa shape index (κ3) is 2.24. The fourth-order valence-corrected chi connectivity index (χ4v) is 1.83. The van der Waals surface area contributed by atoms with Crippen molar-refractivity contribution in [3.8, 4) is 17.2 Å².